The highest BCUT2D eigenvalue weighted by atomic mass is 16.2. The van der Waals surface area contributed by atoms with Gasteiger partial charge in [-0.2, -0.15) is 0 Å². The molecule has 0 spiro atoms. The fraction of sp³-hybridized carbons (Fsp3) is 0.333. The van der Waals surface area contributed by atoms with Crippen LogP contribution in [0.3, 0.4) is 0 Å². The molecule has 130 valence electrons. The van der Waals surface area contributed by atoms with E-state index in [4.69, 9.17) is 0 Å². The Morgan fingerprint density at radius 1 is 1.04 bits per heavy atom. The van der Waals surface area contributed by atoms with Gasteiger partial charge < -0.3 is 4.57 Å². The zero-order chi connectivity index (χ0) is 18.5. The highest BCUT2D eigenvalue weighted by Gasteiger charge is 2.36. The smallest absolute Gasteiger partial charge is 0.259 e. The van der Waals surface area contributed by atoms with Crippen molar-refractivity contribution in [3.05, 3.63) is 52.2 Å². The molecule has 2 heterocycles. The molecule has 0 saturated carbocycles. The standard InChI is InChI=1S/C21H24N2O2/c1-11(2)16(19-17(12(3)4)20(24)22-21(19)25)18-13(5)23(6)15-10-8-7-9-14(15)18/h7-11H,1-6H3,(H,22,24,25)/b19-16-. The molecule has 1 aromatic carbocycles. The van der Waals surface area contributed by atoms with E-state index in [9.17, 15) is 9.59 Å². The summed E-state index contributed by atoms with van der Waals surface area (Å²) in [6, 6.07) is 8.18. The van der Waals surface area contributed by atoms with Crippen molar-refractivity contribution < 1.29 is 9.59 Å². The third-order valence-electron chi connectivity index (χ3n) is 4.95. The number of carbonyl (C=O) groups is 2. The number of imide groups is 1. The molecule has 0 bridgehead atoms. The summed E-state index contributed by atoms with van der Waals surface area (Å²) >= 11 is 0. The number of nitrogens with one attached hydrogen (secondary N) is 1. The number of allylic oxidation sites excluding steroid dienone is 2. The normalized spacial score (nSPS) is 16.8. The molecule has 0 aliphatic carbocycles. The van der Waals surface area contributed by atoms with E-state index in [1.165, 1.54) is 0 Å². The van der Waals surface area contributed by atoms with Gasteiger partial charge in [0.1, 0.15) is 0 Å². The highest BCUT2D eigenvalue weighted by Crippen LogP contribution is 2.40. The minimum atomic E-state index is -0.295. The number of para-hydroxylation sites is 1. The molecule has 1 N–H and O–H groups in total. The molecule has 2 aromatic rings. The number of nitrogens with zero attached hydrogens (tertiary/aromatic N) is 1. The first-order chi connectivity index (χ1) is 11.8. The number of aromatic nitrogens is 1. The molecule has 1 aromatic heterocycles. The molecule has 0 radical (unpaired) electrons. The fourth-order valence-corrected chi connectivity index (χ4v) is 3.75. The Morgan fingerprint density at radius 3 is 2.24 bits per heavy atom. The molecule has 0 unspecified atom stereocenters. The van der Waals surface area contributed by atoms with Gasteiger partial charge in [0, 0.05) is 29.2 Å². The lowest BCUT2D eigenvalue weighted by Gasteiger charge is -2.16. The molecule has 1 aliphatic heterocycles. The van der Waals surface area contributed by atoms with Crippen molar-refractivity contribution in [1.29, 1.82) is 0 Å². The average molecular weight is 336 g/mol. The Labute approximate surface area is 148 Å². The summed E-state index contributed by atoms with van der Waals surface area (Å²) in [6.07, 6.45) is 0. The van der Waals surface area contributed by atoms with Gasteiger partial charge >= 0.3 is 0 Å². The van der Waals surface area contributed by atoms with Crippen LogP contribution in [0.15, 0.2) is 41.0 Å². The van der Waals surface area contributed by atoms with Crippen molar-refractivity contribution in [2.75, 3.05) is 0 Å². The van der Waals surface area contributed by atoms with E-state index in [0.29, 0.717) is 11.1 Å². The van der Waals surface area contributed by atoms with Crippen molar-refractivity contribution in [1.82, 2.24) is 9.88 Å². The number of aryl methyl sites for hydroxylation is 1. The predicted octanol–water partition coefficient (Wildman–Crippen LogP) is 3.89. The average Bonchev–Trinajstić information content (AvgIpc) is 2.97. The van der Waals surface area contributed by atoms with Gasteiger partial charge in [0.15, 0.2) is 0 Å². The Kier molecular flexibility index (Phi) is 4.15. The monoisotopic (exact) mass is 336 g/mol. The van der Waals surface area contributed by atoms with Gasteiger partial charge in [-0.3, -0.25) is 14.9 Å². The molecule has 1 aliphatic rings. The maximum Gasteiger partial charge on any atom is 0.259 e. The van der Waals surface area contributed by atoms with E-state index >= 15 is 0 Å². The van der Waals surface area contributed by atoms with E-state index in [0.717, 1.165) is 33.3 Å². The van der Waals surface area contributed by atoms with Gasteiger partial charge in [-0.15, -0.1) is 0 Å². The second kappa shape index (κ2) is 6.03. The highest BCUT2D eigenvalue weighted by molar-refractivity contribution is 6.28. The molecular formula is C21H24N2O2. The van der Waals surface area contributed by atoms with Crippen LogP contribution in [-0.4, -0.2) is 16.4 Å². The second-order valence-corrected chi connectivity index (χ2v) is 7.14. The lowest BCUT2D eigenvalue weighted by molar-refractivity contribution is -0.123. The number of carbonyl (C=O) groups excluding carboxylic acids is 2. The molecule has 0 atom stereocenters. The van der Waals surface area contributed by atoms with Crippen LogP contribution in [0.5, 0.6) is 0 Å². The molecule has 3 rings (SSSR count). The third-order valence-corrected chi connectivity index (χ3v) is 4.95. The molecule has 2 amide bonds. The number of rotatable bonds is 2. The maximum absolute atomic E-state index is 12.6. The van der Waals surface area contributed by atoms with E-state index in [-0.39, 0.29) is 17.7 Å². The zero-order valence-electron chi connectivity index (χ0n) is 15.7. The lowest BCUT2D eigenvalue weighted by Crippen LogP contribution is -2.20. The number of hydrogen-bond donors (Lipinski definition) is 1. The van der Waals surface area contributed by atoms with Gasteiger partial charge in [-0.25, -0.2) is 0 Å². The summed E-state index contributed by atoms with van der Waals surface area (Å²) in [5.74, 6) is -0.487. The molecular weight excluding hydrogens is 312 g/mol. The lowest BCUT2D eigenvalue weighted by atomic mass is 9.85. The molecule has 25 heavy (non-hydrogen) atoms. The first-order valence-corrected chi connectivity index (χ1v) is 8.57. The largest absolute Gasteiger partial charge is 0.347 e. The Morgan fingerprint density at radius 2 is 1.64 bits per heavy atom. The van der Waals surface area contributed by atoms with Crippen LogP contribution in [0.4, 0.5) is 0 Å². The van der Waals surface area contributed by atoms with Crippen LogP contribution in [0.25, 0.3) is 16.5 Å². The summed E-state index contributed by atoms with van der Waals surface area (Å²) in [6.45, 7) is 9.96. The summed E-state index contributed by atoms with van der Waals surface area (Å²) in [4.78, 5) is 25.0. The van der Waals surface area contributed by atoms with Crippen molar-refractivity contribution >= 4 is 28.3 Å². The minimum Gasteiger partial charge on any atom is -0.347 e. The van der Waals surface area contributed by atoms with E-state index in [2.05, 4.69) is 42.8 Å². The van der Waals surface area contributed by atoms with Crippen molar-refractivity contribution in [3.8, 4) is 0 Å². The predicted molar refractivity (Wildman–Crippen MR) is 101 cm³/mol. The molecule has 4 nitrogen and oxygen atoms in total. The number of fused-ring (bicyclic) bond motifs is 1. The second-order valence-electron chi connectivity index (χ2n) is 7.14. The third kappa shape index (κ3) is 2.53. The first kappa shape index (κ1) is 17.2. The van der Waals surface area contributed by atoms with Crippen molar-refractivity contribution in [2.24, 2.45) is 13.0 Å². The van der Waals surface area contributed by atoms with Gasteiger partial charge in [0.2, 0.25) is 0 Å². The zero-order valence-corrected chi connectivity index (χ0v) is 15.7. The summed E-state index contributed by atoms with van der Waals surface area (Å²) < 4.78 is 2.14. The van der Waals surface area contributed by atoms with Gasteiger partial charge in [-0.1, -0.05) is 37.6 Å². The molecule has 1 saturated heterocycles. The van der Waals surface area contributed by atoms with Crippen LogP contribution >= 0.6 is 0 Å². The summed E-state index contributed by atoms with van der Waals surface area (Å²) in [5, 5.41) is 3.59. The van der Waals surface area contributed by atoms with Gasteiger partial charge in [0.25, 0.3) is 11.8 Å². The molecule has 1 fully saturated rings. The van der Waals surface area contributed by atoms with Crippen LogP contribution in [-0.2, 0) is 16.6 Å². The Hall–Kier alpha value is -2.62. The first-order valence-electron chi connectivity index (χ1n) is 8.57. The van der Waals surface area contributed by atoms with Crippen LogP contribution in [0, 0.1) is 12.8 Å². The van der Waals surface area contributed by atoms with E-state index in [1.54, 1.807) is 0 Å². The maximum atomic E-state index is 12.6. The van der Waals surface area contributed by atoms with Gasteiger partial charge in [-0.05, 0) is 38.3 Å². The quantitative estimate of drug-likeness (QED) is 0.668. The van der Waals surface area contributed by atoms with E-state index in [1.807, 2.05) is 33.0 Å². The van der Waals surface area contributed by atoms with Crippen LogP contribution in [0.1, 0.15) is 39.0 Å². The van der Waals surface area contributed by atoms with Crippen molar-refractivity contribution in [2.45, 2.75) is 34.6 Å². The Balaban J connectivity index is 2.48. The van der Waals surface area contributed by atoms with Crippen molar-refractivity contribution in [3.63, 3.8) is 0 Å². The molecule has 4 heteroatoms. The summed E-state index contributed by atoms with van der Waals surface area (Å²) in [5.41, 5.74) is 6.12. The fourth-order valence-electron chi connectivity index (χ4n) is 3.75. The summed E-state index contributed by atoms with van der Waals surface area (Å²) in [7, 11) is 2.03. The topological polar surface area (TPSA) is 51.1 Å². The minimum absolute atomic E-state index is 0.102. The SMILES string of the molecule is CC(C)=C1C(=O)NC(=O)/C1=C(\c1c(C)n(C)c2ccccc12)C(C)C. The van der Waals surface area contributed by atoms with E-state index < -0.39 is 0 Å². The number of hydrogen-bond acceptors (Lipinski definition) is 2. The Bertz CT molecular complexity index is 967. The van der Waals surface area contributed by atoms with Crippen LogP contribution in [0.2, 0.25) is 0 Å². The van der Waals surface area contributed by atoms with Crippen LogP contribution < -0.4 is 5.32 Å². The van der Waals surface area contributed by atoms with Gasteiger partial charge in [0.05, 0.1) is 11.1 Å². The number of amides is 2. The number of benzene rings is 1.